The van der Waals surface area contributed by atoms with Crippen LogP contribution < -0.4 is 0 Å². The van der Waals surface area contributed by atoms with Gasteiger partial charge in [0.25, 0.3) is 0 Å². The Morgan fingerprint density at radius 3 is 2.79 bits per heavy atom. The molecule has 0 aliphatic carbocycles. The van der Waals surface area contributed by atoms with Crippen LogP contribution in [0.3, 0.4) is 0 Å². The van der Waals surface area contributed by atoms with Crippen LogP contribution in [0.25, 0.3) is 0 Å². The highest BCUT2D eigenvalue weighted by atomic mass is 32.2. The Labute approximate surface area is 81.9 Å². The van der Waals surface area contributed by atoms with Crippen LogP contribution in [0, 0.1) is 0 Å². The summed E-state index contributed by atoms with van der Waals surface area (Å²) in [4.78, 5) is 14.8. The number of nitrogens with zero attached hydrogens (tertiary/aromatic N) is 1. The van der Waals surface area contributed by atoms with E-state index in [1.807, 2.05) is 0 Å². The summed E-state index contributed by atoms with van der Waals surface area (Å²) >= 11 is 0. The number of aromatic nitrogens is 1. The molecule has 0 amide bonds. The van der Waals surface area contributed by atoms with Crippen molar-refractivity contribution >= 4 is 16.1 Å². The van der Waals surface area contributed by atoms with E-state index in [9.17, 15) is 13.2 Å². The van der Waals surface area contributed by atoms with Crippen LogP contribution >= 0.6 is 0 Å². The highest BCUT2D eigenvalue weighted by Gasteiger charge is 2.16. The molecule has 0 radical (unpaired) electrons. The third-order valence-electron chi connectivity index (χ3n) is 1.45. The molecule has 14 heavy (non-hydrogen) atoms. The molecule has 0 aromatic carbocycles. The molecular weight excluding hydrogens is 206 g/mol. The SMILES string of the molecule is CCS(=O)(=O)OC(=O)c1cccnc1. The molecule has 5 nitrogen and oxygen atoms in total. The molecule has 0 saturated carbocycles. The van der Waals surface area contributed by atoms with Crippen molar-refractivity contribution in [2.24, 2.45) is 0 Å². The Balaban J connectivity index is 2.79. The molecule has 1 rings (SSSR count). The number of hydrogen-bond donors (Lipinski definition) is 0. The summed E-state index contributed by atoms with van der Waals surface area (Å²) in [5.74, 6) is -1.14. The third kappa shape index (κ3) is 2.81. The molecular formula is C8H9NO4S. The highest BCUT2D eigenvalue weighted by Crippen LogP contribution is 2.02. The van der Waals surface area contributed by atoms with Gasteiger partial charge < -0.3 is 4.18 Å². The lowest BCUT2D eigenvalue weighted by Gasteiger charge is -2.01. The van der Waals surface area contributed by atoms with Crippen molar-refractivity contribution in [2.75, 3.05) is 5.75 Å². The van der Waals surface area contributed by atoms with Crippen molar-refractivity contribution in [1.29, 1.82) is 0 Å². The van der Waals surface area contributed by atoms with Crippen LogP contribution in [0.5, 0.6) is 0 Å². The summed E-state index contributed by atoms with van der Waals surface area (Å²) in [7, 11) is -3.74. The van der Waals surface area contributed by atoms with Crippen molar-refractivity contribution in [2.45, 2.75) is 6.92 Å². The predicted molar refractivity (Wildman–Crippen MR) is 49.1 cm³/mol. The van der Waals surface area contributed by atoms with E-state index in [0.29, 0.717) is 0 Å². The topological polar surface area (TPSA) is 73.3 Å². The van der Waals surface area contributed by atoms with Crippen molar-refractivity contribution in [3.05, 3.63) is 30.1 Å². The first-order chi connectivity index (χ1) is 6.55. The molecule has 0 aliphatic heterocycles. The number of rotatable bonds is 3. The van der Waals surface area contributed by atoms with Gasteiger partial charge in [-0.3, -0.25) is 4.98 Å². The van der Waals surface area contributed by atoms with Crippen LogP contribution in [-0.2, 0) is 14.3 Å². The molecule has 1 aromatic heterocycles. The van der Waals surface area contributed by atoms with E-state index in [1.54, 1.807) is 0 Å². The molecule has 0 spiro atoms. The Bertz CT molecular complexity index is 412. The molecule has 0 N–H and O–H groups in total. The van der Waals surface area contributed by atoms with Gasteiger partial charge in [0.2, 0.25) is 0 Å². The fourth-order valence-electron chi connectivity index (χ4n) is 0.706. The van der Waals surface area contributed by atoms with E-state index in [4.69, 9.17) is 0 Å². The maximum absolute atomic E-state index is 11.2. The van der Waals surface area contributed by atoms with Gasteiger partial charge in [-0.05, 0) is 19.1 Å². The first-order valence-corrected chi connectivity index (χ1v) is 5.49. The van der Waals surface area contributed by atoms with Gasteiger partial charge in [0.15, 0.2) is 0 Å². The maximum Gasteiger partial charge on any atom is 0.355 e. The van der Waals surface area contributed by atoms with E-state index in [1.165, 1.54) is 31.5 Å². The number of carbonyl (C=O) groups is 1. The summed E-state index contributed by atoms with van der Waals surface area (Å²) < 4.78 is 26.1. The normalized spacial score (nSPS) is 10.9. The molecule has 0 saturated heterocycles. The van der Waals surface area contributed by atoms with Gasteiger partial charge in [-0.1, -0.05) is 0 Å². The van der Waals surface area contributed by atoms with Crippen LogP contribution in [0.2, 0.25) is 0 Å². The second-order valence-corrected chi connectivity index (χ2v) is 4.32. The monoisotopic (exact) mass is 215 g/mol. The molecule has 0 atom stereocenters. The third-order valence-corrected chi connectivity index (χ3v) is 2.57. The summed E-state index contributed by atoms with van der Waals surface area (Å²) in [6, 6.07) is 2.95. The average molecular weight is 215 g/mol. The van der Waals surface area contributed by atoms with Gasteiger partial charge in [-0.25, -0.2) is 4.79 Å². The average Bonchev–Trinajstić information content (AvgIpc) is 2.19. The van der Waals surface area contributed by atoms with Crippen molar-refractivity contribution in [1.82, 2.24) is 4.98 Å². The van der Waals surface area contributed by atoms with Gasteiger partial charge in [-0.2, -0.15) is 8.42 Å². The van der Waals surface area contributed by atoms with Crippen LogP contribution in [-0.4, -0.2) is 25.1 Å². The van der Waals surface area contributed by atoms with Crippen molar-refractivity contribution in [3.63, 3.8) is 0 Å². The van der Waals surface area contributed by atoms with E-state index in [2.05, 4.69) is 9.17 Å². The minimum Gasteiger partial charge on any atom is -0.341 e. The lowest BCUT2D eigenvalue weighted by atomic mass is 10.3. The molecule has 76 valence electrons. The summed E-state index contributed by atoms with van der Waals surface area (Å²) in [6.07, 6.45) is 2.72. The van der Waals surface area contributed by atoms with Crippen LogP contribution in [0.1, 0.15) is 17.3 Å². The largest absolute Gasteiger partial charge is 0.355 e. The zero-order valence-corrected chi connectivity index (χ0v) is 8.32. The Morgan fingerprint density at radius 2 is 2.29 bits per heavy atom. The Kier molecular flexibility index (Phi) is 3.19. The summed E-state index contributed by atoms with van der Waals surface area (Å²) in [6.45, 7) is 1.39. The van der Waals surface area contributed by atoms with E-state index in [-0.39, 0.29) is 11.3 Å². The number of pyridine rings is 1. The summed E-state index contributed by atoms with van der Waals surface area (Å²) in [5.41, 5.74) is 0.115. The minimum absolute atomic E-state index is 0.115. The second kappa shape index (κ2) is 4.19. The molecule has 1 aromatic rings. The summed E-state index contributed by atoms with van der Waals surface area (Å²) in [5, 5.41) is 0. The van der Waals surface area contributed by atoms with E-state index < -0.39 is 16.1 Å². The first kappa shape index (κ1) is 10.6. The van der Waals surface area contributed by atoms with Crippen molar-refractivity contribution < 1.29 is 17.4 Å². The standard InChI is InChI=1S/C8H9NO4S/c1-2-14(11,12)13-8(10)7-4-3-5-9-6-7/h3-6H,2H2,1H3. The van der Waals surface area contributed by atoms with Crippen molar-refractivity contribution in [3.8, 4) is 0 Å². The lowest BCUT2D eigenvalue weighted by Crippen LogP contribution is -2.14. The number of hydrogen-bond acceptors (Lipinski definition) is 5. The van der Waals surface area contributed by atoms with Gasteiger partial charge in [0.05, 0.1) is 11.3 Å². The van der Waals surface area contributed by atoms with E-state index >= 15 is 0 Å². The molecule has 0 aliphatic rings. The quantitative estimate of drug-likeness (QED) is 0.690. The Morgan fingerprint density at radius 1 is 1.57 bits per heavy atom. The van der Waals surface area contributed by atoms with Gasteiger partial charge in [0.1, 0.15) is 0 Å². The number of carbonyl (C=O) groups excluding carboxylic acids is 1. The second-order valence-electron chi connectivity index (χ2n) is 2.46. The minimum atomic E-state index is -3.74. The molecule has 1 heterocycles. The fraction of sp³-hybridized carbons (Fsp3) is 0.250. The van der Waals surface area contributed by atoms with Crippen LogP contribution in [0.15, 0.2) is 24.5 Å². The molecule has 0 bridgehead atoms. The zero-order chi connectivity index (χ0) is 10.6. The zero-order valence-electron chi connectivity index (χ0n) is 7.50. The van der Waals surface area contributed by atoms with Gasteiger partial charge in [-0.15, -0.1) is 0 Å². The molecule has 0 fully saturated rings. The van der Waals surface area contributed by atoms with Gasteiger partial charge in [0, 0.05) is 12.4 Å². The first-order valence-electron chi connectivity index (χ1n) is 3.91. The van der Waals surface area contributed by atoms with Gasteiger partial charge >= 0.3 is 16.1 Å². The molecule has 6 heteroatoms. The highest BCUT2D eigenvalue weighted by molar-refractivity contribution is 7.87. The molecule has 0 unspecified atom stereocenters. The fourth-order valence-corrected chi connectivity index (χ4v) is 1.15. The van der Waals surface area contributed by atoms with Crippen LogP contribution in [0.4, 0.5) is 0 Å². The maximum atomic E-state index is 11.2. The predicted octanol–water partition coefficient (Wildman–Crippen LogP) is 0.588. The lowest BCUT2D eigenvalue weighted by molar-refractivity contribution is 0.0746. The van der Waals surface area contributed by atoms with E-state index in [0.717, 1.165) is 0 Å². The smallest absolute Gasteiger partial charge is 0.341 e. The Hall–Kier alpha value is -1.43.